The van der Waals surface area contributed by atoms with Crippen molar-refractivity contribution in [2.45, 2.75) is 62.9 Å². The molecule has 5 nitrogen and oxygen atoms in total. The van der Waals surface area contributed by atoms with Crippen LogP contribution in [0.4, 0.5) is 0 Å². The normalized spacial score (nSPS) is 19.4. The molecule has 0 spiro atoms. The standard InChI is InChI=1S/C24H32O5S/c1-18-11-14-21(15-12-18)30(25,26)29-22-10-5-4-8-20(22)9-6-7-19-13-16-23(27-2)24(17-19)28-3/h11-17,20,22H,4-10H2,1-3H3/t20-,22-/m0/s1. The molecule has 6 heteroatoms. The Bertz CT molecular complexity index is 921. The van der Waals surface area contributed by atoms with E-state index in [9.17, 15) is 8.42 Å². The van der Waals surface area contributed by atoms with Crippen LogP contribution < -0.4 is 9.47 Å². The van der Waals surface area contributed by atoms with Gasteiger partial charge in [0.15, 0.2) is 11.5 Å². The zero-order valence-electron chi connectivity index (χ0n) is 18.1. The largest absolute Gasteiger partial charge is 0.493 e. The Morgan fingerprint density at radius 3 is 2.33 bits per heavy atom. The van der Waals surface area contributed by atoms with Crippen molar-refractivity contribution in [1.29, 1.82) is 0 Å². The Labute approximate surface area is 180 Å². The monoisotopic (exact) mass is 432 g/mol. The van der Waals surface area contributed by atoms with Crippen LogP contribution in [0.3, 0.4) is 0 Å². The second-order valence-corrected chi connectivity index (χ2v) is 9.60. The number of aryl methyl sites for hydroxylation is 2. The van der Waals surface area contributed by atoms with Crippen LogP contribution in [0.25, 0.3) is 0 Å². The Kier molecular flexibility index (Phi) is 7.78. The summed E-state index contributed by atoms with van der Waals surface area (Å²) in [7, 11) is -0.465. The van der Waals surface area contributed by atoms with E-state index >= 15 is 0 Å². The molecule has 1 aliphatic carbocycles. The fraction of sp³-hybridized carbons (Fsp3) is 0.500. The van der Waals surface area contributed by atoms with Crippen LogP contribution in [0, 0.1) is 12.8 Å². The minimum atomic E-state index is -3.73. The van der Waals surface area contributed by atoms with Gasteiger partial charge in [-0.2, -0.15) is 8.42 Å². The third kappa shape index (κ3) is 5.76. The summed E-state index contributed by atoms with van der Waals surface area (Å²) in [4.78, 5) is 0.239. The van der Waals surface area contributed by atoms with Gasteiger partial charge in [-0.3, -0.25) is 4.18 Å². The first kappa shape index (κ1) is 22.6. The topological polar surface area (TPSA) is 61.8 Å². The van der Waals surface area contributed by atoms with Gasteiger partial charge in [-0.15, -0.1) is 0 Å². The van der Waals surface area contributed by atoms with Gasteiger partial charge in [0.25, 0.3) is 10.1 Å². The van der Waals surface area contributed by atoms with Gasteiger partial charge in [0, 0.05) is 0 Å². The van der Waals surface area contributed by atoms with Crippen LogP contribution >= 0.6 is 0 Å². The van der Waals surface area contributed by atoms with Gasteiger partial charge in [0.1, 0.15) is 0 Å². The SMILES string of the molecule is COc1ccc(CCC[C@@H]2CCCC[C@@H]2OS(=O)(=O)c2ccc(C)cc2)cc1OC. The molecule has 1 saturated carbocycles. The summed E-state index contributed by atoms with van der Waals surface area (Å²) in [5, 5.41) is 0. The van der Waals surface area contributed by atoms with Crippen molar-refractivity contribution in [3.63, 3.8) is 0 Å². The molecule has 0 heterocycles. The number of hydrogen-bond acceptors (Lipinski definition) is 5. The van der Waals surface area contributed by atoms with E-state index in [4.69, 9.17) is 13.7 Å². The first-order valence-corrected chi connectivity index (χ1v) is 12.0. The van der Waals surface area contributed by atoms with Crippen LogP contribution in [0.1, 0.15) is 49.7 Å². The number of rotatable bonds is 9. The number of ether oxygens (including phenoxy) is 2. The molecule has 164 valence electrons. The highest BCUT2D eigenvalue weighted by Gasteiger charge is 2.30. The highest BCUT2D eigenvalue weighted by Crippen LogP contribution is 2.34. The lowest BCUT2D eigenvalue weighted by molar-refractivity contribution is 0.0925. The summed E-state index contributed by atoms with van der Waals surface area (Å²) in [6, 6.07) is 12.8. The zero-order valence-corrected chi connectivity index (χ0v) is 18.9. The first-order valence-electron chi connectivity index (χ1n) is 10.6. The molecule has 30 heavy (non-hydrogen) atoms. The molecule has 2 atom stereocenters. The molecular weight excluding hydrogens is 400 g/mol. The van der Waals surface area contributed by atoms with Crippen molar-refractivity contribution in [1.82, 2.24) is 0 Å². The number of methoxy groups -OCH3 is 2. The molecule has 1 aliphatic rings. The summed E-state index contributed by atoms with van der Waals surface area (Å²) < 4.78 is 41.9. The van der Waals surface area contributed by atoms with E-state index in [2.05, 4.69) is 6.07 Å². The second-order valence-electron chi connectivity index (χ2n) is 8.03. The van der Waals surface area contributed by atoms with E-state index in [1.165, 1.54) is 5.56 Å². The van der Waals surface area contributed by atoms with Crippen LogP contribution in [-0.4, -0.2) is 28.7 Å². The molecule has 0 aliphatic heterocycles. The average molecular weight is 433 g/mol. The highest BCUT2D eigenvalue weighted by molar-refractivity contribution is 7.86. The number of benzene rings is 2. The summed E-state index contributed by atoms with van der Waals surface area (Å²) in [5.41, 5.74) is 2.22. The first-order chi connectivity index (χ1) is 14.4. The maximum absolute atomic E-state index is 12.7. The molecule has 2 aromatic carbocycles. The van der Waals surface area contributed by atoms with Crippen LogP contribution in [0.5, 0.6) is 11.5 Å². The lowest BCUT2D eigenvalue weighted by Gasteiger charge is -2.31. The summed E-state index contributed by atoms with van der Waals surface area (Å²) >= 11 is 0. The molecular formula is C24H32O5S. The van der Waals surface area contributed by atoms with E-state index in [1.807, 2.05) is 19.1 Å². The molecule has 1 fully saturated rings. The predicted molar refractivity (Wildman–Crippen MR) is 118 cm³/mol. The minimum Gasteiger partial charge on any atom is -0.493 e. The second kappa shape index (κ2) is 10.3. The fourth-order valence-corrected chi connectivity index (χ4v) is 5.32. The van der Waals surface area contributed by atoms with Crippen LogP contribution in [-0.2, 0) is 20.7 Å². The van der Waals surface area contributed by atoms with Crippen molar-refractivity contribution in [2.75, 3.05) is 14.2 Å². The Hall–Kier alpha value is -2.05. The van der Waals surface area contributed by atoms with E-state index < -0.39 is 10.1 Å². The van der Waals surface area contributed by atoms with E-state index in [-0.39, 0.29) is 16.9 Å². The Balaban J connectivity index is 1.60. The molecule has 0 saturated heterocycles. The van der Waals surface area contributed by atoms with Crippen molar-refractivity contribution in [3.8, 4) is 11.5 Å². The quantitative estimate of drug-likeness (QED) is 0.503. The lowest BCUT2D eigenvalue weighted by Crippen LogP contribution is -2.30. The molecule has 0 bridgehead atoms. The zero-order chi connectivity index (χ0) is 21.6. The molecule has 3 rings (SSSR count). The third-order valence-corrected chi connectivity index (χ3v) is 7.24. The van der Waals surface area contributed by atoms with Crippen molar-refractivity contribution in [2.24, 2.45) is 5.92 Å². The minimum absolute atomic E-state index is 0.239. The molecule has 0 amide bonds. The molecule has 0 radical (unpaired) electrons. The Morgan fingerprint density at radius 1 is 0.933 bits per heavy atom. The van der Waals surface area contributed by atoms with Gasteiger partial charge in [0.05, 0.1) is 25.2 Å². The van der Waals surface area contributed by atoms with E-state index in [1.54, 1.807) is 38.5 Å². The van der Waals surface area contributed by atoms with Gasteiger partial charge in [0.2, 0.25) is 0 Å². The van der Waals surface area contributed by atoms with Crippen molar-refractivity contribution < 1.29 is 22.1 Å². The molecule has 0 unspecified atom stereocenters. The van der Waals surface area contributed by atoms with Crippen LogP contribution in [0.2, 0.25) is 0 Å². The molecule has 0 N–H and O–H groups in total. The van der Waals surface area contributed by atoms with Crippen molar-refractivity contribution in [3.05, 3.63) is 53.6 Å². The molecule has 2 aromatic rings. The van der Waals surface area contributed by atoms with Gasteiger partial charge in [-0.1, -0.05) is 36.6 Å². The predicted octanol–water partition coefficient (Wildman–Crippen LogP) is 5.30. The number of hydrogen-bond donors (Lipinski definition) is 0. The van der Waals surface area contributed by atoms with Crippen molar-refractivity contribution >= 4 is 10.1 Å². The van der Waals surface area contributed by atoms with Gasteiger partial charge < -0.3 is 9.47 Å². The van der Waals surface area contributed by atoms with Gasteiger partial charge in [-0.25, -0.2) is 0 Å². The summed E-state index contributed by atoms with van der Waals surface area (Å²) in [6.07, 6.45) is 6.55. The smallest absolute Gasteiger partial charge is 0.297 e. The van der Waals surface area contributed by atoms with Gasteiger partial charge >= 0.3 is 0 Å². The maximum atomic E-state index is 12.7. The lowest BCUT2D eigenvalue weighted by atomic mass is 9.83. The van der Waals surface area contributed by atoms with Crippen LogP contribution in [0.15, 0.2) is 47.4 Å². The Morgan fingerprint density at radius 2 is 1.63 bits per heavy atom. The summed E-state index contributed by atoms with van der Waals surface area (Å²) in [5.74, 6) is 1.72. The van der Waals surface area contributed by atoms with Gasteiger partial charge in [-0.05, 0) is 74.8 Å². The highest BCUT2D eigenvalue weighted by atomic mass is 32.2. The van der Waals surface area contributed by atoms with E-state index in [0.29, 0.717) is 0 Å². The maximum Gasteiger partial charge on any atom is 0.297 e. The fourth-order valence-electron chi connectivity index (χ4n) is 4.16. The molecule has 0 aromatic heterocycles. The van der Waals surface area contributed by atoms with E-state index in [0.717, 1.165) is 62.0 Å². The average Bonchev–Trinajstić information content (AvgIpc) is 2.75. The third-order valence-electron chi connectivity index (χ3n) is 5.89. The summed E-state index contributed by atoms with van der Waals surface area (Å²) in [6.45, 7) is 1.94.